The molecular formula is C13H19BrN2O3. The number of nitro groups is 1. The Morgan fingerprint density at radius 1 is 1.53 bits per heavy atom. The molecule has 5 nitrogen and oxygen atoms in total. The van der Waals surface area contributed by atoms with E-state index in [1.165, 1.54) is 6.07 Å². The van der Waals surface area contributed by atoms with Crippen LogP contribution in [0.3, 0.4) is 0 Å². The summed E-state index contributed by atoms with van der Waals surface area (Å²) in [5.74, 6) is 0. The number of ether oxygens (including phenoxy) is 1. The van der Waals surface area contributed by atoms with Crippen molar-refractivity contribution in [2.75, 3.05) is 12.4 Å². The monoisotopic (exact) mass is 330 g/mol. The van der Waals surface area contributed by atoms with E-state index in [1.54, 1.807) is 19.2 Å². The normalized spacial score (nSPS) is 13.1. The highest BCUT2D eigenvalue weighted by Gasteiger charge is 2.20. The lowest BCUT2D eigenvalue weighted by atomic mass is 10.00. The van der Waals surface area contributed by atoms with Crippen LogP contribution >= 0.6 is 15.9 Å². The molecule has 1 aromatic rings. The number of hydrogen-bond acceptors (Lipinski definition) is 4. The van der Waals surface area contributed by atoms with Gasteiger partial charge >= 0.3 is 0 Å². The van der Waals surface area contributed by atoms with Crippen molar-refractivity contribution in [3.8, 4) is 0 Å². The van der Waals surface area contributed by atoms with Gasteiger partial charge in [0, 0.05) is 24.9 Å². The molecule has 0 amide bonds. The number of benzene rings is 1. The number of nitrogens with zero attached hydrogens (tertiary/aromatic N) is 1. The predicted molar refractivity (Wildman–Crippen MR) is 79.6 cm³/mol. The van der Waals surface area contributed by atoms with E-state index in [-0.39, 0.29) is 17.3 Å². The van der Waals surface area contributed by atoms with Crippen LogP contribution < -0.4 is 5.32 Å². The molecule has 0 radical (unpaired) electrons. The lowest BCUT2D eigenvalue weighted by Gasteiger charge is -2.27. The Morgan fingerprint density at radius 3 is 2.63 bits per heavy atom. The largest absolute Gasteiger partial charge is 0.382 e. The molecule has 0 spiro atoms. The summed E-state index contributed by atoms with van der Waals surface area (Å²) in [6.07, 6.45) is 0.831. The Bertz CT molecular complexity index is 463. The van der Waals surface area contributed by atoms with Crippen LogP contribution in [0.4, 0.5) is 11.4 Å². The lowest BCUT2D eigenvalue weighted by Crippen LogP contribution is -2.31. The average molecular weight is 331 g/mol. The van der Waals surface area contributed by atoms with Crippen LogP contribution in [0.5, 0.6) is 0 Å². The van der Waals surface area contributed by atoms with Crippen molar-refractivity contribution in [1.82, 2.24) is 0 Å². The van der Waals surface area contributed by atoms with Crippen molar-refractivity contribution in [2.45, 2.75) is 38.8 Å². The zero-order valence-corrected chi connectivity index (χ0v) is 13.2. The molecule has 1 unspecified atom stereocenters. The van der Waals surface area contributed by atoms with Crippen LogP contribution in [0, 0.1) is 10.1 Å². The number of hydrogen-bond donors (Lipinski definition) is 1. The zero-order valence-electron chi connectivity index (χ0n) is 11.6. The number of rotatable bonds is 6. The Kier molecular flexibility index (Phi) is 5.31. The smallest absolute Gasteiger partial charge is 0.283 e. The summed E-state index contributed by atoms with van der Waals surface area (Å²) in [6, 6.07) is 5.11. The second-order valence-corrected chi connectivity index (χ2v) is 5.99. The maximum atomic E-state index is 10.7. The van der Waals surface area contributed by atoms with Gasteiger partial charge in [0.25, 0.3) is 5.69 Å². The van der Waals surface area contributed by atoms with Gasteiger partial charge in [-0.05, 0) is 55.3 Å². The molecule has 0 aliphatic rings. The first-order valence-corrected chi connectivity index (χ1v) is 6.80. The Hall–Kier alpha value is -1.14. The van der Waals surface area contributed by atoms with Crippen molar-refractivity contribution in [1.29, 1.82) is 0 Å². The lowest BCUT2D eigenvalue weighted by molar-refractivity contribution is -0.385. The van der Waals surface area contributed by atoms with Crippen LogP contribution in [0.15, 0.2) is 22.7 Å². The predicted octanol–water partition coefficient (Wildman–Crippen LogP) is 3.97. The minimum atomic E-state index is -0.411. The van der Waals surface area contributed by atoms with E-state index < -0.39 is 4.92 Å². The molecule has 0 heterocycles. The maximum absolute atomic E-state index is 10.7. The fraction of sp³-hybridized carbons (Fsp3) is 0.538. The van der Waals surface area contributed by atoms with Gasteiger partial charge in [-0.3, -0.25) is 10.1 Å². The van der Waals surface area contributed by atoms with E-state index in [1.807, 2.05) is 13.8 Å². The van der Waals surface area contributed by atoms with E-state index in [9.17, 15) is 10.1 Å². The molecule has 0 aliphatic carbocycles. The molecule has 6 heteroatoms. The van der Waals surface area contributed by atoms with E-state index in [2.05, 4.69) is 28.2 Å². The molecule has 0 saturated carbocycles. The standard InChI is InChI=1S/C13H19BrN2O3/c1-9(8-13(2,3)19-4)15-10-5-6-12(16(17)18)11(14)7-10/h5-7,9,15H,8H2,1-4H3. The van der Waals surface area contributed by atoms with Gasteiger partial charge in [-0.2, -0.15) is 0 Å². The average Bonchev–Trinajstić information content (AvgIpc) is 2.27. The first-order chi connectivity index (χ1) is 8.75. The van der Waals surface area contributed by atoms with Crippen LogP contribution in [-0.4, -0.2) is 23.7 Å². The highest BCUT2D eigenvalue weighted by Crippen LogP contribution is 2.28. The fourth-order valence-electron chi connectivity index (χ4n) is 1.90. The third-order valence-electron chi connectivity index (χ3n) is 2.91. The second-order valence-electron chi connectivity index (χ2n) is 5.14. The van der Waals surface area contributed by atoms with Gasteiger partial charge in [0.2, 0.25) is 0 Å². The third-order valence-corrected chi connectivity index (χ3v) is 3.54. The Morgan fingerprint density at radius 2 is 2.16 bits per heavy atom. The summed E-state index contributed by atoms with van der Waals surface area (Å²) in [5, 5.41) is 14.0. The van der Waals surface area contributed by atoms with E-state index in [0.29, 0.717) is 4.47 Å². The molecule has 0 bridgehead atoms. The van der Waals surface area contributed by atoms with Crippen LogP contribution in [0.2, 0.25) is 0 Å². The highest BCUT2D eigenvalue weighted by atomic mass is 79.9. The van der Waals surface area contributed by atoms with Gasteiger partial charge in [-0.25, -0.2) is 0 Å². The summed E-state index contributed by atoms with van der Waals surface area (Å²) >= 11 is 3.21. The van der Waals surface area contributed by atoms with Gasteiger partial charge in [-0.15, -0.1) is 0 Å². The van der Waals surface area contributed by atoms with Gasteiger partial charge in [0.15, 0.2) is 0 Å². The zero-order chi connectivity index (χ0) is 14.6. The highest BCUT2D eigenvalue weighted by molar-refractivity contribution is 9.10. The summed E-state index contributed by atoms with van der Waals surface area (Å²) in [7, 11) is 1.69. The topological polar surface area (TPSA) is 64.4 Å². The van der Waals surface area contributed by atoms with Crippen molar-refractivity contribution in [2.24, 2.45) is 0 Å². The molecule has 106 valence electrons. The molecule has 0 saturated heterocycles. The summed E-state index contributed by atoms with van der Waals surface area (Å²) in [6.45, 7) is 6.10. The minimum Gasteiger partial charge on any atom is -0.382 e. The quantitative estimate of drug-likeness (QED) is 0.633. The molecule has 19 heavy (non-hydrogen) atoms. The number of anilines is 1. The second kappa shape index (κ2) is 6.34. The molecule has 1 atom stereocenters. The fourth-order valence-corrected chi connectivity index (χ4v) is 2.42. The SMILES string of the molecule is COC(C)(C)CC(C)Nc1ccc([N+](=O)[O-])c(Br)c1. The number of halogens is 1. The van der Waals surface area contributed by atoms with Crippen molar-refractivity contribution in [3.05, 3.63) is 32.8 Å². The third kappa shape index (κ3) is 4.80. The first kappa shape index (κ1) is 15.9. The van der Waals surface area contributed by atoms with Crippen molar-refractivity contribution < 1.29 is 9.66 Å². The molecular weight excluding hydrogens is 312 g/mol. The summed E-state index contributed by atoms with van der Waals surface area (Å²) in [4.78, 5) is 10.3. The van der Waals surface area contributed by atoms with Crippen LogP contribution in [-0.2, 0) is 4.74 Å². The van der Waals surface area contributed by atoms with E-state index >= 15 is 0 Å². The molecule has 0 fully saturated rings. The van der Waals surface area contributed by atoms with Gasteiger partial charge in [-0.1, -0.05) is 0 Å². The van der Waals surface area contributed by atoms with Gasteiger partial charge in [0.1, 0.15) is 0 Å². The molecule has 1 rings (SSSR count). The maximum Gasteiger partial charge on any atom is 0.283 e. The summed E-state index contributed by atoms with van der Waals surface area (Å²) < 4.78 is 5.85. The minimum absolute atomic E-state index is 0.0652. The Balaban J connectivity index is 2.73. The van der Waals surface area contributed by atoms with Gasteiger partial charge < -0.3 is 10.1 Å². The van der Waals surface area contributed by atoms with Gasteiger partial charge in [0.05, 0.1) is 15.0 Å². The molecule has 0 aliphatic heterocycles. The Labute approximate surface area is 121 Å². The van der Waals surface area contributed by atoms with Crippen LogP contribution in [0.1, 0.15) is 27.2 Å². The van der Waals surface area contributed by atoms with E-state index in [4.69, 9.17) is 4.74 Å². The van der Waals surface area contributed by atoms with E-state index in [0.717, 1.165) is 12.1 Å². The van der Waals surface area contributed by atoms with Crippen LogP contribution in [0.25, 0.3) is 0 Å². The first-order valence-electron chi connectivity index (χ1n) is 6.01. The molecule has 0 aromatic heterocycles. The molecule has 1 aromatic carbocycles. The number of nitrogens with one attached hydrogen (secondary N) is 1. The van der Waals surface area contributed by atoms with Crippen molar-refractivity contribution >= 4 is 27.3 Å². The molecule has 1 N–H and O–H groups in total. The number of methoxy groups -OCH3 is 1. The number of nitro benzene ring substituents is 1. The van der Waals surface area contributed by atoms with Crippen molar-refractivity contribution in [3.63, 3.8) is 0 Å². The summed E-state index contributed by atoms with van der Waals surface area (Å²) in [5.41, 5.74) is 0.706.